The fourth-order valence-corrected chi connectivity index (χ4v) is 5.59. The molecule has 4 saturated carbocycles. The van der Waals surface area contributed by atoms with Gasteiger partial charge in [-0.3, -0.25) is 9.78 Å². The van der Waals surface area contributed by atoms with E-state index in [9.17, 15) is 4.79 Å². The first-order valence-corrected chi connectivity index (χ1v) is 8.33. The molecule has 112 valence electrons. The monoisotopic (exact) mass is 284 g/mol. The molecule has 0 unspecified atom stereocenters. The average molecular weight is 284 g/mol. The third-order valence-electron chi connectivity index (χ3n) is 5.90. The van der Waals surface area contributed by atoms with Gasteiger partial charge in [0.1, 0.15) is 0 Å². The van der Waals surface area contributed by atoms with Gasteiger partial charge in [0.05, 0.1) is 11.9 Å². The minimum Gasteiger partial charge on any atom is -0.325 e. The van der Waals surface area contributed by atoms with Crippen molar-refractivity contribution < 1.29 is 4.79 Å². The van der Waals surface area contributed by atoms with Crippen molar-refractivity contribution >= 4 is 11.6 Å². The van der Waals surface area contributed by atoms with E-state index < -0.39 is 0 Å². The van der Waals surface area contributed by atoms with Crippen LogP contribution >= 0.6 is 0 Å². The van der Waals surface area contributed by atoms with Gasteiger partial charge in [-0.05, 0) is 80.8 Å². The summed E-state index contributed by atoms with van der Waals surface area (Å²) in [5.74, 6) is 2.91. The second-order valence-electron chi connectivity index (χ2n) is 7.83. The average Bonchev–Trinajstić information content (AvgIpc) is 2.39. The van der Waals surface area contributed by atoms with Crippen molar-refractivity contribution in [1.29, 1.82) is 0 Å². The Morgan fingerprint density at radius 1 is 1.19 bits per heavy atom. The molecule has 0 aromatic carbocycles. The Balaban J connectivity index is 1.43. The molecule has 1 heterocycles. The Morgan fingerprint density at radius 3 is 2.33 bits per heavy atom. The zero-order chi connectivity index (χ0) is 14.4. The highest BCUT2D eigenvalue weighted by Gasteiger charge is 2.51. The van der Waals surface area contributed by atoms with Gasteiger partial charge in [-0.25, -0.2) is 0 Å². The van der Waals surface area contributed by atoms with Crippen molar-refractivity contribution in [3.63, 3.8) is 0 Å². The van der Waals surface area contributed by atoms with E-state index in [0.717, 1.165) is 29.1 Å². The van der Waals surface area contributed by atoms with Gasteiger partial charge in [0.25, 0.3) is 0 Å². The molecule has 1 N–H and O–H groups in total. The number of aryl methyl sites for hydroxylation is 1. The van der Waals surface area contributed by atoms with Crippen molar-refractivity contribution in [2.75, 3.05) is 5.32 Å². The summed E-state index contributed by atoms with van der Waals surface area (Å²) in [6.45, 7) is 1.96. The molecular formula is C18H24N2O. The molecule has 0 radical (unpaired) electrons. The zero-order valence-corrected chi connectivity index (χ0v) is 12.8. The number of nitrogens with zero attached hydrogens (tertiary/aromatic N) is 1. The molecule has 1 aromatic rings. The maximum absolute atomic E-state index is 12.4. The maximum atomic E-state index is 12.4. The van der Waals surface area contributed by atoms with E-state index >= 15 is 0 Å². The van der Waals surface area contributed by atoms with E-state index in [4.69, 9.17) is 0 Å². The molecule has 21 heavy (non-hydrogen) atoms. The number of carbonyl (C=O) groups is 1. The molecule has 4 aliphatic rings. The SMILES string of the molecule is Cc1ccc(NC(=O)CC23CC4CC(CC(C4)C2)C3)cn1. The van der Waals surface area contributed by atoms with Crippen LogP contribution in [0.5, 0.6) is 0 Å². The third-order valence-corrected chi connectivity index (χ3v) is 5.90. The molecule has 3 heteroatoms. The number of pyridine rings is 1. The summed E-state index contributed by atoms with van der Waals surface area (Å²) >= 11 is 0. The molecule has 0 atom stereocenters. The summed E-state index contributed by atoms with van der Waals surface area (Å²) in [5.41, 5.74) is 2.13. The van der Waals surface area contributed by atoms with Crippen LogP contribution < -0.4 is 5.32 Å². The molecule has 4 aliphatic carbocycles. The van der Waals surface area contributed by atoms with Crippen LogP contribution in [0.3, 0.4) is 0 Å². The van der Waals surface area contributed by atoms with E-state index in [1.807, 2.05) is 19.1 Å². The summed E-state index contributed by atoms with van der Waals surface area (Å²) in [7, 11) is 0. The molecule has 4 fully saturated rings. The van der Waals surface area contributed by atoms with Crippen molar-refractivity contribution in [1.82, 2.24) is 4.98 Å². The molecule has 1 amide bonds. The number of hydrogen-bond acceptors (Lipinski definition) is 2. The van der Waals surface area contributed by atoms with Crippen LogP contribution in [0.4, 0.5) is 5.69 Å². The van der Waals surface area contributed by atoms with Gasteiger partial charge < -0.3 is 5.32 Å². The van der Waals surface area contributed by atoms with Gasteiger partial charge in [0, 0.05) is 12.1 Å². The van der Waals surface area contributed by atoms with Crippen LogP contribution in [-0.2, 0) is 4.79 Å². The molecule has 3 nitrogen and oxygen atoms in total. The molecular weight excluding hydrogens is 260 g/mol. The second kappa shape index (κ2) is 4.82. The highest BCUT2D eigenvalue weighted by Crippen LogP contribution is 2.61. The lowest BCUT2D eigenvalue weighted by Crippen LogP contribution is -2.47. The number of amides is 1. The summed E-state index contributed by atoms with van der Waals surface area (Å²) < 4.78 is 0. The van der Waals surface area contributed by atoms with Crippen LogP contribution in [0.15, 0.2) is 18.3 Å². The predicted octanol–water partition coefficient (Wildman–Crippen LogP) is 3.94. The van der Waals surface area contributed by atoms with E-state index in [1.54, 1.807) is 6.20 Å². The van der Waals surface area contributed by atoms with Crippen molar-refractivity contribution in [2.24, 2.45) is 23.2 Å². The molecule has 0 spiro atoms. The maximum Gasteiger partial charge on any atom is 0.224 e. The Labute approximate surface area is 126 Å². The largest absolute Gasteiger partial charge is 0.325 e. The van der Waals surface area contributed by atoms with Gasteiger partial charge >= 0.3 is 0 Å². The summed E-state index contributed by atoms with van der Waals surface area (Å²) in [6.07, 6.45) is 10.6. The van der Waals surface area contributed by atoms with Crippen LogP contribution in [-0.4, -0.2) is 10.9 Å². The van der Waals surface area contributed by atoms with Crippen molar-refractivity contribution in [3.05, 3.63) is 24.0 Å². The topological polar surface area (TPSA) is 42.0 Å². The van der Waals surface area contributed by atoms with Crippen molar-refractivity contribution in [2.45, 2.75) is 51.9 Å². The molecule has 0 aliphatic heterocycles. The van der Waals surface area contributed by atoms with Crippen LogP contribution in [0.2, 0.25) is 0 Å². The van der Waals surface area contributed by atoms with Gasteiger partial charge in [0.15, 0.2) is 0 Å². The smallest absolute Gasteiger partial charge is 0.224 e. The Morgan fingerprint density at radius 2 is 1.81 bits per heavy atom. The summed E-state index contributed by atoms with van der Waals surface area (Å²) in [6, 6.07) is 3.89. The van der Waals surface area contributed by atoms with Gasteiger partial charge in [-0.1, -0.05) is 0 Å². The summed E-state index contributed by atoms with van der Waals surface area (Å²) in [5, 5.41) is 3.04. The minimum absolute atomic E-state index is 0.183. The van der Waals surface area contributed by atoms with E-state index in [-0.39, 0.29) is 5.91 Å². The van der Waals surface area contributed by atoms with Gasteiger partial charge in [-0.2, -0.15) is 0 Å². The highest BCUT2D eigenvalue weighted by atomic mass is 16.1. The summed E-state index contributed by atoms with van der Waals surface area (Å²) in [4.78, 5) is 16.7. The van der Waals surface area contributed by atoms with Crippen LogP contribution in [0, 0.1) is 30.1 Å². The standard InChI is InChI=1S/C18H24N2O/c1-12-2-3-16(11-19-12)20-17(21)10-18-7-13-4-14(8-18)6-15(5-13)9-18/h2-3,11,13-15H,4-10H2,1H3,(H,20,21). The van der Waals surface area contributed by atoms with E-state index in [0.29, 0.717) is 11.8 Å². The number of anilines is 1. The first-order valence-electron chi connectivity index (χ1n) is 8.33. The fourth-order valence-electron chi connectivity index (χ4n) is 5.59. The van der Waals surface area contributed by atoms with E-state index in [2.05, 4.69) is 10.3 Å². The zero-order valence-electron chi connectivity index (χ0n) is 12.8. The third kappa shape index (κ3) is 2.58. The number of nitrogens with one attached hydrogen (secondary N) is 1. The van der Waals surface area contributed by atoms with Crippen LogP contribution in [0.25, 0.3) is 0 Å². The number of hydrogen-bond donors (Lipinski definition) is 1. The second-order valence-corrected chi connectivity index (χ2v) is 7.83. The van der Waals surface area contributed by atoms with Gasteiger partial charge in [-0.15, -0.1) is 0 Å². The first kappa shape index (κ1) is 13.3. The molecule has 5 rings (SSSR count). The number of rotatable bonds is 3. The molecule has 0 saturated heterocycles. The minimum atomic E-state index is 0.183. The van der Waals surface area contributed by atoms with Crippen molar-refractivity contribution in [3.8, 4) is 0 Å². The van der Waals surface area contributed by atoms with Gasteiger partial charge in [0.2, 0.25) is 5.91 Å². The Kier molecular flexibility index (Phi) is 3.05. The lowest BCUT2D eigenvalue weighted by Gasteiger charge is -2.56. The highest BCUT2D eigenvalue weighted by molar-refractivity contribution is 5.91. The number of aromatic nitrogens is 1. The Bertz CT molecular complexity index is 514. The lowest BCUT2D eigenvalue weighted by atomic mass is 9.49. The predicted molar refractivity (Wildman–Crippen MR) is 82.8 cm³/mol. The molecule has 4 bridgehead atoms. The number of carbonyl (C=O) groups excluding carboxylic acids is 1. The Hall–Kier alpha value is -1.38. The molecule has 1 aromatic heterocycles. The normalized spacial score (nSPS) is 36.7. The van der Waals surface area contributed by atoms with Crippen LogP contribution in [0.1, 0.15) is 50.6 Å². The van der Waals surface area contributed by atoms with E-state index in [1.165, 1.54) is 38.5 Å². The first-order chi connectivity index (χ1) is 10.1. The quantitative estimate of drug-likeness (QED) is 0.913. The fraction of sp³-hybridized carbons (Fsp3) is 0.667. The lowest BCUT2D eigenvalue weighted by molar-refractivity contribution is -0.124.